The fourth-order valence-corrected chi connectivity index (χ4v) is 9.35. The molecule has 0 fully saturated rings. The van der Waals surface area contributed by atoms with Gasteiger partial charge in [0.1, 0.15) is 0 Å². The predicted octanol–water partition coefficient (Wildman–Crippen LogP) is 12.3. The van der Waals surface area contributed by atoms with Crippen molar-refractivity contribution in [2.45, 2.75) is 19.6 Å². The van der Waals surface area contributed by atoms with Crippen molar-refractivity contribution in [2.75, 3.05) is 0 Å². The molecule has 0 N–H and O–H groups in total. The van der Waals surface area contributed by atoms with E-state index in [2.05, 4.69) is 156 Å². The molecule has 0 saturated carbocycles. The summed E-state index contributed by atoms with van der Waals surface area (Å²) in [5, 5.41) is 4.96. The highest BCUT2D eigenvalue weighted by molar-refractivity contribution is 8.05. The number of hydrogen-bond donors (Lipinski definition) is 0. The molecule has 0 amide bonds. The number of rotatable bonds is 4. The third-order valence-corrected chi connectivity index (χ3v) is 11.8. The maximum Gasteiger partial charge on any atom is 0.160 e. The maximum absolute atomic E-state index is 5.16. The summed E-state index contributed by atoms with van der Waals surface area (Å²) in [4.78, 5) is 15.5. The van der Waals surface area contributed by atoms with Crippen LogP contribution in [0.4, 0.5) is 0 Å². The molecular formula is C44H27N3S2. The molecule has 9 aromatic rings. The molecule has 10 rings (SSSR count). The topological polar surface area (TPSA) is 30.7 Å². The van der Waals surface area contributed by atoms with Crippen LogP contribution in [-0.4, -0.2) is 14.5 Å². The zero-order valence-corrected chi connectivity index (χ0v) is 27.9. The molecule has 0 spiro atoms. The van der Waals surface area contributed by atoms with Crippen molar-refractivity contribution >= 4 is 56.1 Å². The minimum absolute atomic E-state index is 0.702. The lowest BCUT2D eigenvalue weighted by atomic mass is 10.1. The van der Waals surface area contributed by atoms with Crippen LogP contribution in [0.5, 0.6) is 0 Å². The molecule has 3 nitrogen and oxygen atoms in total. The summed E-state index contributed by atoms with van der Waals surface area (Å²) in [6.45, 7) is 0. The van der Waals surface area contributed by atoms with Gasteiger partial charge >= 0.3 is 0 Å². The Hall–Kier alpha value is -5.62. The second kappa shape index (κ2) is 11.5. The quantitative estimate of drug-likeness (QED) is 0.188. The Morgan fingerprint density at radius 3 is 1.78 bits per heavy atom. The fraction of sp³-hybridized carbons (Fsp3) is 0. The lowest BCUT2D eigenvalue weighted by molar-refractivity contribution is 1.11. The zero-order chi connectivity index (χ0) is 32.3. The van der Waals surface area contributed by atoms with Crippen LogP contribution in [0.3, 0.4) is 0 Å². The highest BCUT2D eigenvalue weighted by Gasteiger charge is 2.25. The molecule has 3 heterocycles. The van der Waals surface area contributed by atoms with Crippen LogP contribution in [0.2, 0.25) is 0 Å². The van der Waals surface area contributed by atoms with Crippen molar-refractivity contribution in [3.05, 3.63) is 164 Å². The number of aromatic nitrogens is 3. The van der Waals surface area contributed by atoms with Crippen molar-refractivity contribution in [1.29, 1.82) is 0 Å². The van der Waals surface area contributed by atoms with Crippen molar-refractivity contribution in [1.82, 2.24) is 14.5 Å². The number of hydrogen-bond acceptors (Lipinski definition) is 4. The second-order valence-corrected chi connectivity index (χ2v) is 14.3. The number of benzene rings is 7. The summed E-state index contributed by atoms with van der Waals surface area (Å²) in [5.41, 5.74) is 8.44. The normalized spacial score (nSPS) is 12.3. The van der Waals surface area contributed by atoms with Gasteiger partial charge in [0.25, 0.3) is 0 Å². The van der Waals surface area contributed by atoms with E-state index in [0.717, 1.165) is 33.8 Å². The first-order chi connectivity index (χ1) is 24.3. The Labute approximate surface area is 292 Å². The monoisotopic (exact) mass is 661 g/mol. The molecule has 230 valence electrons. The van der Waals surface area contributed by atoms with Gasteiger partial charge in [-0.15, -0.1) is 0 Å². The minimum Gasteiger partial charge on any atom is -0.307 e. The smallest absolute Gasteiger partial charge is 0.160 e. The number of nitrogens with zero attached hydrogens (tertiary/aromatic N) is 3. The van der Waals surface area contributed by atoms with Gasteiger partial charge in [0.2, 0.25) is 0 Å². The summed E-state index contributed by atoms with van der Waals surface area (Å²) < 4.78 is 2.48. The van der Waals surface area contributed by atoms with Gasteiger partial charge in [-0.05, 0) is 41.8 Å². The minimum atomic E-state index is 0.702. The summed E-state index contributed by atoms with van der Waals surface area (Å²) >= 11 is 3.73. The van der Waals surface area contributed by atoms with Crippen LogP contribution in [0.25, 0.3) is 72.2 Å². The van der Waals surface area contributed by atoms with E-state index in [9.17, 15) is 0 Å². The van der Waals surface area contributed by atoms with Gasteiger partial charge in [-0.25, -0.2) is 9.97 Å². The fourth-order valence-electron chi connectivity index (χ4n) is 6.98. The zero-order valence-electron chi connectivity index (χ0n) is 26.2. The number of fused-ring (bicyclic) bond motifs is 8. The van der Waals surface area contributed by atoms with Crippen LogP contribution in [-0.2, 0) is 0 Å². The molecule has 49 heavy (non-hydrogen) atoms. The van der Waals surface area contributed by atoms with E-state index in [0.29, 0.717) is 5.82 Å². The first kappa shape index (κ1) is 28.4. The molecule has 0 radical (unpaired) electrons. The van der Waals surface area contributed by atoms with Crippen LogP contribution >= 0.6 is 23.5 Å². The first-order valence-corrected chi connectivity index (χ1v) is 18.0. The molecular weight excluding hydrogens is 635 g/mol. The summed E-state index contributed by atoms with van der Waals surface area (Å²) in [6.07, 6.45) is 0. The summed E-state index contributed by atoms with van der Waals surface area (Å²) in [5.74, 6) is 0.702. The molecule has 5 heteroatoms. The van der Waals surface area contributed by atoms with Gasteiger partial charge in [-0.2, -0.15) is 0 Å². The highest BCUT2D eigenvalue weighted by atomic mass is 32.2. The predicted molar refractivity (Wildman–Crippen MR) is 205 cm³/mol. The summed E-state index contributed by atoms with van der Waals surface area (Å²) in [6, 6.07) is 58.2. The van der Waals surface area contributed by atoms with Crippen molar-refractivity contribution in [3.63, 3.8) is 0 Å². The lowest BCUT2D eigenvalue weighted by Gasteiger charge is -2.20. The average molecular weight is 662 g/mol. The lowest BCUT2D eigenvalue weighted by Crippen LogP contribution is -2.00. The van der Waals surface area contributed by atoms with Crippen LogP contribution in [0.15, 0.2) is 183 Å². The molecule has 7 aromatic carbocycles. The van der Waals surface area contributed by atoms with Gasteiger partial charge < -0.3 is 4.57 Å². The van der Waals surface area contributed by atoms with Crippen molar-refractivity contribution in [2.24, 2.45) is 0 Å². The van der Waals surface area contributed by atoms with E-state index in [1.165, 1.54) is 52.2 Å². The molecule has 0 atom stereocenters. The van der Waals surface area contributed by atoms with Crippen LogP contribution in [0.1, 0.15) is 0 Å². The van der Waals surface area contributed by atoms with Gasteiger partial charge in [0, 0.05) is 53.2 Å². The molecule has 2 aromatic heterocycles. The molecule has 0 bridgehead atoms. The standard InChI is InChI=1S/C44H27N3S2/c1-3-13-29(14-4-1)36-27-37(30-15-5-2-6-16-30)46-44(45-36)31-17-11-18-32(26-31)47-41-33-19-8-7-12-28(33)22-23-34(41)35-24-25-40-43(42(35)47)49-39-21-10-9-20-38(39)48-40/h1-27H. The second-order valence-electron chi connectivity index (χ2n) is 12.2. The average Bonchev–Trinajstić information content (AvgIpc) is 3.53. The molecule has 0 saturated heterocycles. The van der Waals surface area contributed by atoms with Crippen LogP contribution in [0, 0.1) is 0 Å². The van der Waals surface area contributed by atoms with Crippen LogP contribution < -0.4 is 0 Å². The van der Waals surface area contributed by atoms with E-state index in [4.69, 9.17) is 9.97 Å². The third-order valence-electron chi connectivity index (χ3n) is 9.24. The van der Waals surface area contributed by atoms with Gasteiger partial charge in [-0.1, -0.05) is 151 Å². The maximum atomic E-state index is 5.16. The molecule has 1 aliphatic rings. The Morgan fingerprint density at radius 2 is 1.02 bits per heavy atom. The van der Waals surface area contributed by atoms with Gasteiger partial charge in [0.15, 0.2) is 5.82 Å². The third kappa shape index (κ3) is 4.77. The molecule has 0 aliphatic carbocycles. The van der Waals surface area contributed by atoms with E-state index < -0.39 is 0 Å². The van der Waals surface area contributed by atoms with Gasteiger partial charge in [0.05, 0.1) is 27.3 Å². The SMILES string of the molecule is c1ccc(-c2cc(-c3ccccc3)nc(-c3cccc(-n4c5c6c(ccc5c5ccc7ccccc7c54)Sc4ccccc4S6)c3)n2)cc1. The first-order valence-electron chi connectivity index (χ1n) is 16.3. The Balaban J connectivity index is 1.24. The van der Waals surface area contributed by atoms with E-state index >= 15 is 0 Å². The largest absolute Gasteiger partial charge is 0.307 e. The van der Waals surface area contributed by atoms with E-state index in [1.807, 2.05) is 35.7 Å². The Bertz CT molecular complexity index is 2660. The Morgan fingerprint density at radius 1 is 0.408 bits per heavy atom. The van der Waals surface area contributed by atoms with Crippen molar-refractivity contribution < 1.29 is 0 Å². The van der Waals surface area contributed by atoms with Crippen molar-refractivity contribution in [3.8, 4) is 39.6 Å². The molecule has 0 unspecified atom stereocenters. The molecule has 1 aliphatic heterocycles. The highest BCUT2D eigenvalue weighted by Crippen LogP contribution is 2.53. The van der Waals surface area contributed by atoms with Gasteiger partial charge in [-0.3, -0.25) is 0 Å². The van der Waals surface area contributed by atoms with E-state index in [1.54, 1.807) is 0 Å². The Kier molecular flexibility index (Phi) is 6.67. The van der Waals surface area contributed by atoms with E-state index in [-0.39, 0.29) is 0 Å². The summed E-state index contributed by atoms with van der Waals surface area (Å²) in [7, 11) is 0.